The van der Waals surface area contributed by atoms with Gasteiger partial charge < -0.3 is 54.1 Å². The van der Waals surface area contributed by atoms with Crippen LogP contribution in [0.4, 0.5) is 11.4 Å². The summed E-state index contributed by atoms with van der Waals surface area (Å²) in [5, 5.41) is 52.6. The molecule has 4 heterocycles. The molecule has 3 aliphatic heterocycles. The van der Waals surface area contributed by atoms with Crippen molar-refractivity contribution >= 4 is 61.9 Å². The van der Waals surface area contributed by atoms with Crippen molar-refractivity contribution in [1.82, 2.24) is 9.88 Å². The molecule has 0 saturated carbocycles. The molecule has 1 amide bonds. The average Bonchev–Trinajstić information content (AvgIpc) is 3.61. The molecule has 5 N–H and O–H groups in total. The minimum Gasteiger partial charge on any atom is -0.505 e. The van der Waals surface area contributed by atoms with E-state index in [9.17, 15) is 34.9 Å². The molecule has 7 rings (SSSR count). The van der Waals surface area contributed by atoms with Gasteiger partial charge in [0.25, 0.3) is 11.7 Å². The molecule has 4 bridgehead atoms. The third-order valence-corrected chi connectivity index (χ3v) is 14.1. The lowest BCUT2D eigenvalue weighted by atomic mass is 9.78. The van der Waals surface area contributed by atoms with E-state index in [4.69, 9.17) is 28.3 Å². The number of aliphatic hydroxyl groups excluding tert-OH is 2. The minimum absolute atomic E-state index is 0.00952. The number of amides is 1. The number of hydrogen-bond acceptors (Lipinski definition) is 16. The number of aromatic hydroxyl groups is 1. The first-order valence-electron chi connectivity index (χ1n) is 23.7. The smallest absolute Gasteiger partial charge is 0.302 e. The third kappa shape index (κ3) is 9.66. The molecule has 17 nitrogen and oxygen atoms in total. The van der Waals surface area contributed by atoms with Gasteiger partial charge in [-0.3, -0.25) is 19.3 Å². The number of hydrogen-bond donors (Lipinski definition) is 5. The summed E-state index contributed by atoms with van der Waals surface area (Å²) in [6.07, 6.45) is 3.82. The summed E-state index contributed by atoms with van der Waals surface area (Å²) in [4.78, 5) is 51.1. The summed E-state index contributed by atoms with van der Waals surface area (Å²) in [6.45, 7) is 23.5. The quantitative estimate of drug-likeness (QED) is 0.0337. The van der Waals surface area contributed by atoms with Crippen LogP contribution in [0.25, 0.3) is 33.0 Å². The van der Waals surface area contributed by atoms with Gasteiger partial charge in [-0.2, -0.15) is 0 Å². The van der Waals surface area contributed by atoms with Gasteiger partial charge in [0.2, 0.25) is 0 Å². The molecule has 9 atom stereocenters. The number of methoxy groups -OCH3 is 1. The van der Waals surface area contributed by atoms with Gasteiger partial charge in [0.05, 0.1) is 35.5 Å². The first-order chi connectivity index (χ1) is 32.6. The van der Waals surface area contributed by atoms with Crippen LogP contribution >= 0.6 is 0 Å². The molecule has 0 spiro atoms. The number of benzene rings is 3. The van der Waals surface area contributed by atoms with E-state index in [1.54, 1.807) is 52.8 Å². The highest BCUT2D eigenvalue weighted by Gasteiger charge is 2.48. The number of aromatic nitrogens is 1. The van der Waals surface area contributed by atoms with Crippen molar-refractivity contribution in [3.63, 3.8) is 0 Å². The Morgan fingerprint density at radius 2 is 1.68 bits per heavy atom. The van der Waals surface area contributed by atoms with Crippen LogP contribution in [0.3, 0.4) is 0 Å². The van der Waals surface area contributed by atoms with Crippen molar-refractivity contribution in [3.8, 4) is 11.5 Å². The van der Waals surface area contributed by atoms with Crippen LogP contribution in [0.15, 0.2) is 62.6 Å². The maximum Gasteiger partial charge on any atom is 0.302 e. The standard InChI is InChI=1S/C52H67N5O12/c1-25(2)24-56-17-19-57(20-18-56)34-22-28(5)40-36(23-34)68-49-41(53-40)37-38-45(61)32(9)48-39(37)50(55-64)52(11,69-48)66-21-16-35(65-12)29(6)47(67-33(10)58)31(8)44(60)30(7)43(59)26(3)14-13-15-27(4)51(63)54-42(49)46(38)62/h13-16,21-23,25-26,29-31,35,43-44,47,59-60,62,64H,17-20,24H2,1-12H3,(H,54,63)/b14-13+,21-16+,27-15-,55-50-/t26-,29+,30+,31+,35-,43-,44+,47+,52-/m0/s1. The van der Waals surface area contributed by atoms with Gasteiger partial charge in [0, 0.05) is 106 Å². The number of anilines is 2. The number of oxime groups is 1. The van der Waals surface area contributed by atoms with Crippen LogP contribution in [-0.2, 0) is 23.8 Å². The maximum absolute atomic E-state index is 14.6. The fourth-order valence-corrected chi connectivity index (χ4v) is 10.1. The highest BCUT2D eigenvalue weighted by molar-refractivity contribution is 6.27. The highest BCUT2D eigenvalue weighted by atomic mass is 16.7. The van der Waals surface area contributed by atoms with Gasteiger partial charge in [-0.1, -0.05) is 64.9 Å². The molecule has 0 aliphatic carbocycles. The Hall–Kier alpha value is -6.01. The maximum atomic E-state index is 14.6. The molecule has 1 aromatic heterocycles. The lowest BCUT2D eigenvalue weighted by Crippen LogP contribution is -2.47. The number of nitrogens with zero attached hydrogens (tertiary/aromatic N) is 4. The van der Waals surface area contributed by atoms with E-state index in [0.29, 0.717) is 17.0 Å². The number of carbonyl (C=O) groups is 2. The Kier molecular flexibility index (Phi) is 14.8. The second kappa shape index (κ2) is 20.1. The van der Waals surface area contributed by atoms with Crippen LogP contribution in [0.1, 0.15) is 79.0 Å². The van der Waals surface area contributed by atoms with E-state index in [2.05, 4.69) is 34.1 Å². The van der Waals surface area contributed by atoms with E-state index in [0.717, 1.165) is 44.0 Å². The third-order valence-electron chi connectivity index (χ3n) is 14.1. The number of phenolic OH excluding ortho intramolecular Hbond substituents is 1. The zero-order valence-corrected chi connectivity index (χ0v) is 41.6. The molecule has 0 radical (unpaired) electrons. The first kappa shape index (κ1) is 50.9. The van der Waals surface area contributed by atoms with Crippen molar-refractivity contribution in [3.05, 3.63) is 75.2 Å². The summed E-state index contributed by atoms with van der Waals surface area (Å²) < 4.78 is 31.1. The zero-order chi connectivity index (χ0) is 50.4. The number of ether oxygens (including phenoxy) is 4. The summed E-state index contributed by atoms with van der Waals surface area (Å²) in [6, 6.07) is 3.91. The second-order valence-electron chi connectivity index (χ2n) is 19.6. The van der Waals surface area contributed by atoms with Crippen LogP contribution in [0, 0.1) is 43.4 Å². The Balaban J connectivity index is 1.45. The monoisotopic (exact) mass is 953 g/mol. The molecule has 0 unspecified atom stereocenters. The Labute approximate surface area is 402 Å². The number of aliphatic hydroxyl groups is 2. The van der Waals surface area contributed by atoms with E-state index in [1.165, 1.54) is 40.2 Å². The van der Waals surface area contributed by atoms with Gasteiger partial charge >= 0.3 is 5.97 Å². The number of esters is 1. The average molecular weight is 954 g/mol. The van der Waals surface area contributed by atoms with Crippen molar-refractivity contribution < 1.29 is 53.5 Å². The van der Waals surface area contributed by atoms with Gasteiger partial charge in [0.15, 0.2) is 28.1 Å². The van der Waals surface area contributed by atoms with Crippen LogP contribution < -0.4 is 20.4 Å². The topological polar surface area (TPSA) is 226 Å². The van der Waals surface area contributed by atoms with Crippen LogP contribution in [0.5, 0.6) is 11.5 Å². The number of nitrogens with one attached hydrogen (secondary N) is 1. The van der Waals surface area contributed by atoms with Gasteiger partial charge in [0.1, 0.15) is 28.6 Å². The van der Waals surface area contributed by atoms with Gasteiger partial charge in [-0.15, -0.1) is 0 Å². The first-order valence-corrected chi connectivity index (χ1v) is 23.7. The number of piperazine rings is 1. The molecule has 1 fully saturated rings. The van der Waals surface area contributed by atoms with E-state index >= 15 is 0 Å². The van der Waals surface area contributed by atoms with Crippen molar-refractivity contribution in [1.29, 1.82) is 0 Å². The fraction of sp³-hybridized carbons (Fsp3) is 0.519. The number of phenols is 1. The Morgan fingerprint density at radius 1 is 0.986 bits per heavy atom. The summed E-state index contributed by atoms with van der Waals surface area (Å²) in [5.74, 6) is -5.64. The predicted molar refractivity (Wildman–Crippen MR) is 264 cm³/mol. The fourth-order valence-electron chi connectivity index (χ4n) is 10.1. The van der Waals surface area contributed by atoms with E-state index in [1.807, 2.05) is 19.1 Å². The van der Waals surface area contributed by atoms with E-state index in [-0.39, 0.29) is 55.7 Å². The molecule has 69 heavy (non-hydrogen) atoms. The number of fused-ring (bicyclic) bond motifs is 2. The molecule has 3 aliphatic rings. The molecular weight excluding hydrogens is 887 g/mol. The normalized spacial score (nSPS) is 29.8. The second-order valence-corrected chi connectivity index (χ2v) is 19.6. The van der Waals surface area contributed by atoms with Crippen molar-refractivity contribution in [2.24, 2.45) is 34.7 Å². The predicted octanol–water partition coefficient (Wildman–Crippen LogP) is 7.08. The zero-order valence-electron chi connectivity index (χ0n) is 41.6. The summed E-state index contributed by atoms with van der Waals surface area (Å²) in [7, 11) is 1.46. The number of rotatable bonds is 5. The molecule has 17 heteroatoms. The van der Waals surface area contributed by atoms with Crippen molar-refractivity contribution in [2.45, 2.75) is 106 Å². The van der Waals surface area contributed by atoms with Crippen LogP contribution in [-0.4, -0.2) is 118 Å². The number of carbonyl (C=O) groups excluding carboxylic acids is 2. The molecule has 1 saturated heterocycles. The summed E-state index contributed by atoms with van der Waals surface area (Å²) >= 11 is 0. The summed E-state index contributed by atoms with van der Waals surface area (Å²) in [5.41, 5.74) is 1.81. The molecule has 372 valence electrons. The molecule has 3 aromatic carbocycles. The molecular formula is C52H67N5O12. The van der Waals surface area contributed by atoms with Gasteiger partial charge in [-0.05, 0) is 44.4 Å². The lowest BCUT2D eigenvalue weighted by Gasteiger charge is -2.38. The SMILES string of the molecule is CO[C@H]1/C=C/O[C@@]2(C)Oc3c(C)c(=O)c4c(O)c(c5oc6cc(N7CCN(CC(C)C)CC7)cc(C)c6nc5c4c3/C2=N/O)NC(=O)/C(C)=C\C=C\[C@H](C)[C@H](O)[C@@H](C)[C@@H](O)[C@@H](C)[C@H](OC(C)=O)[C@@H]1C. The highest BCUT2D eigenvalue weighted by Crippen LogP contribution is 2.49. The van der Waals surface area contributed by atoms with E-state index < -0.39 is 76.9 Å². The number of allylic oxidation sites excluding steroid dienone is 2. The Bertz CT molecular complexity index is 2830. The molecule has 4 aromatic rings. The largest absolute Gasteiger partial charge is 0.505 e. The van der Waals surface area contributed by atoms with Crippen LogP contribution in [0.2, 0.25) is 0 Å². The minimum atomic E-state index is -1.89. The van der Waals surface area contributed by atoms with Gasteiger partial charge in [-0.25, -0.2) is 4.98 Å². The van der Waals surface area contributed by atoms with Crippen molar-refractivity contribution in [2.75, 3.05) is 50.1 Å². The number of aryl methyl sites for hydroxylation is 1. The Morgan fingerprint density at radius 3 is 2.32 bits per heavy atom. The lowest BCUT2D eigenvalue weighted by molar-refractivity contribution is -0.160.